The summed E-state index contributed by atoms with van der Waals surface area (Å²) in [5.74, 6) is -0.135. The summed E-state index contributed by atoms with van der Waals surface area (Å²) in [5.41, 5.74) is 1.10. The molecular weight excluding hydrogens is 322 g/mol. The highest BCUT2D eigenvalue weighted by molar-refractivity contribution is 7.12. The zero-order chi connectivity index (χ0) is 17.1. The largest absolute Gasteiger partial charge is 0.496 e. The summed E-state index contributed by atoms with van der Waals surface area (Å²) >= 11 is 1.77. The monoisotopic (exact) mass is 345 g/mol. The van der Waals surface area contributed by atoms with E-state index in [1.54, 1.807) is 18.4 Å². The minimum absolute atomic E-state index is 0.0435. The Morgan fingerprint density at radius 1 is 1.33 bits per heavy atom. The molecule has 1 N–H and O–H groups in total. The minimum atomic E-state index is -0.694. The Balaban J connectivity index is 2.01. The highest BCUT2D eigenvalue weighted by atomic mass is 32.1. The van der Waals surface area contributed by atoms with Crippen LogP contribution < -0.4 is 4.74 Å². The molecule has 2 aromatic rings. The second-order valence-corrected chi connectivity index (χ2v) is 7.58. The standard InChI is InChI=1S/C19H23NO3S/c1-13-9-10-17(24-13)18(15-7-3-4-8-16(15)23-2)20-11-5-6-14(12-20)19(21)22/h3-4,7-10,14,18H,5-6,11-12H2,1-2H3,(H,21,22). The van der Waals surface area contributed by atoms with Crippen LogP contribution in [0, 0.1) is 12.8 Å². The SMILES string of the molecule is COc1ccccc1C(c1ccc(C)s1)N1CCCC(C(=O)O)C1. The average molecular weight is 345 g/mol. The third-order valence-electron chi connectivity index (χ3n) is 4.63. The van der Waals surface area contributed by atoms with E-state index < -0.39 is 5.97 Å². The number of carboxylic acids is 1. The second kappa shape index (κ2) is 7.36. The lowest BCUT2D eigenvalue weighted by Crippen LogP contribution is -2.41. The normalized spacial score (nSPS) is 19.8. The van der Waals surface area contributed by atoms with Gasteiger partial charge in [-0.1, -0.05) is 18.2 Å². The lowest BCUT2D eigenvalue weighted by Gasteiger charge is -2.37. The third-order valence-corrected chi connectivity index (χ3v) is 5.68. The zero-order valence-corrected chi connectivity index (χ0v) is 14.9. The lowest BCUT2D eigenvalue weighted by atomic mass is 9.94. The number of aliphatic carboxylic acids is 1. The van der Waals surface area contributed by atoms with Gasteiger partial charge in [-0.2, -0.15) is 0 Å². The number of carboxylic acid groups (broad SMARTS) is 1. The summed E-state index contributed by atoms with van der Waals surface area (Å²) in [5, 5.41) is 9.44. The first-order valence-electron chi connectivity index (χ1n) is 8.26. The van der Waals surface area contributed by atoms with Crippen LogP contribution in [0.5, 0.6) is 5.75 Å². The van der Waals surface area contributed by atoms with E-state index in [1.807, 2.05) is 18.2 Å². The van der Waals surface area contributed by atoms with Crippen LogP contribution in [0.3, 0.4) is 0 Å². The smallest absolute Gasteiger partial charge is 0.307 e. The van der Waals surface area contributed by atoms with Crippen molar-refractivity contribution in [2.24, 2.45) is 5.92 Å². The summed E-state index contributed by atoms with van der Waals surface area (Å²) in [6, 6.07) is 12.4. The van der Waals surface area contributed by atoms with E-state index in [4.69, 9.17) is 4.74 Å². The molecule has 5 heteroatoms. The van der Waals surface area contributed by atoms with E-state index in [-0.39, 0.29) is 12.0 Å². The number of carbonyl (C=O) groups is 1. The van der Waals surface area contributed by atoms with Crippen LogP contribution in [0.1, 0.15) is 34.2 Å². The first-order valence-corrected chi connectivity index (χ1v) is 9.08. The molecule has 128 valence electrons. The van der Waals surface area contributed by atoms with Gasteiger partial charge in [0.2, 0.25) is 0 Å². The summed E-state index contributed by atoms with van der Waals surface area (Å²) in [6.07, 6.45) is 1.67. The maximum atomic E-state index is 11.5. The van der Waals surface area contributed by atoms with Crippen molar-refractivity contribution < 1.29 is 14.6 Å². The Bertz CT molecular complexity index is 712. The number of methoxy groups -OCH3 is 1. The van der Waals surface area contributed by atoms with Gasteiger partial charge in [-0.3, -0.25) is 9.69 Å². The van der Waals surface area contributed by atoms with Gasteiger partial charge in [0.15, 0.2) is 0 Å². The quantitative estimate of drug-likeness (QED) is 0.891. The second-order valence-electron chi connectivity index (χ2n) is 6.27. The van der Waals surface area contributed by atoms with E-state index in [0.717, 1.165) is 30.7 Å². The Morgan fingerprint density at radius 2 is 2.12 bits per heavy atom. The number of aryl methyl sites for hydroxylation is 1. The molecule has 1 aromatic heterocycles. The zero-order valence-electron chi connectivity index (χ0n) is 14.1. The molecular formula is C19H23NO3S. The molecule has 1 aliphatic rings. The van der Waals surface area contributed by atoms with Crippen LogP contribution in [-0.4, -0.2) is 36.2 Å². The number of nitrogens with zero attached hydrogens (tertiary/aromatic N) is 1. The number of para-hydroxylation sites is 1. The summed E-state index contributed by atoms with van der Waals surface area (Å²) in [7, 11) is 1.69. The van der Waals surface area contributed by atoms with Gasteiger partial charge >= 0.3 is 5.97 Å². The predicted molar refractivity (Wildman–Crippen MR) is 95.8 cm³/mol. The Hall–Kier alpha value is -1.85. The van der Waals surface area contributed by atoms with E-state index in [9.17, 15) is 9.90 Å². The highest BCUT2D eigenvalue weighted by Crippen LogP contribution is 2.39. The number of thiophene rings is 1. The Kier molecular flexibility index (Phi) is 5.21. The fourth-order valence-electron chi connectivity index (χ4n) is 3.47. The van der Waals surface area contributed by atoms with E-state index in [2.05, 4.69) is 30.0 Å². The first-order chi connectivity index (χ1) is 11.6. The van der Waals surface area contributed by atoms with Crippen LogP contribution in [0.15, 0.2) is 36.4 Å². The van der Waals surface area contributed by atoms with E-state index in [1.165, 1.54) is 9.75 Å². The molecule has 0 amide bonds. The van der Waals surface area contributed by atoms with Crippen molar-refractivity contribution >= 4 is 17.3 Å². The van der Waals surface area contributed by atoms with Gasteiger partial charge < -0.3 is 9.84 Å². The van der Waals surface area contributed by atoms with Gasteiger partial charge in [0, 0.05) is 21.9 Å². The van der Waals surface area contributed by atoms with Crippen molar-refractivity contribution in [2.45, 2.75) is 25.8 Å². The maximum absolute atomic E-state index is 11.5. The molecule has 0 saturated carbocycles. The predicted octanol–water partition coefficient (Wildman–Crippen LogP) is 3.95. The molecule has 2 unspecified atom stereocenters. The fraction of sp³-hybridized carbons (Fsp3) is 0.421. The van der Waals surface area contributed by atoms with Crippen LogP contribution in [-0.2, 0) is 4.79 Å². The van der Waals surface area contributed by atoms with E-state index in [0.29, 0.717) is 6.54 Å². The number of likely N-dealkylation sites (tertiary alicyclic amines) is 1. The molecule has 1 fully saturated rings. The summed E-state index contributed by atoms with van der Waals surface area (Å²) in [6.45, 7) is 3.59. The molecule has 1 saturated heterocycles. The number of piperidine rings is 1. The molecule has 1 aliphatic heterocycles. The van der Waals surface area contributed by atoms with Gasteiger partial charge in [0.1, 0.15) is 5.75 Å². The maximum Gasteiger partial charge on any atom is 0.307 e. The van der Waals surface area contributed by atoms with Gasteiger partial charge in [0.25, 0.3) is 0 Å². The van der Waals surface area contributed by atoms with Crippen molar-refractivity contribution in [3.63, 3.8) is 0 Å². The minimum Gasteiger partial charge on any atom is -0.496 e. The average Bonchev–Trinajstić information content (AvgIpc) is 3.02. The molecule has 0 radical (unpaired) electrons. The van der Waals surface area contributed by atoms with Crippen LogP contribution in [0.25, 0.3) is 0 Å². The highest BCUT2D eigenvalue weighted by Gasteiger charge is 2.33. The van der Waals surface area contributed by atoms with Crippen molar-refractivity contribution in [3.8, 4) is 5.75 Å². The molecule has 2 heterocycles. The number of hydrogen-bond acceptors (Lipinski definition) is 4. The molecule has 2 atom stereocenters. The Morgan fingerprint density at radius 3 is 2.79 bits per heavy atom. The number of hydrogen-bond donors (Lipinski definition) is 1. The number of rotatable bonds is 5. The van der Waals surface area contributed by atoms with Gasteiger partial charge in [0.05, 0.1) is 19.1 Å². The molecule has 0 aliphatic carbocycles. The van der Waals surface area contributed by atoms with Crippen molar-refractivity contribution in [2.75, 3.05) is 20.2 Å². The molecule has 0 spiro atoms. The molecule has 24 heavy (non-hydrogen) atoms. The summed E-state index contributed by atoms with van der Waals surface area (Å²) in [4.78, 5) is 16.3. The third kappa shape index (κ3) is 3.47. The fourth-order valence-corrected chi connectivity index (χ4v) is 4.50. The van der Waals surface area contributed by atoms with Gasteiger partial charge in [-0.25, -0.2) is 0 Å². The van der Waals surface area contributed by atoms with Crippen LogP contribution >= 0.6 is 11.3 Å². The van der Waals surface area contributed by atoms with Crippen molar-refractivity contribution in [3.05, 3.63) is 51.7 Å². The molecule has 4 nitrogen and oxygen atoms in total. The van der Waals surface area contributed by atoms with Crippen molar-refractivity contribution in [1.29, 1.82) is 0 Å². The number of ether oxygens (including phenoxy) is 1. The van der Waals surface area contributed by atoms with Crippen LogP contribution in [0.4, 0.5) is 0 Å². The first kappa shape index (κ1) is 17.0. The lowest BCUT2D eigenvalue weighted by molar-refractivity contribution is -0.143. The molecule has 3 rings (SSSR count). The van der Waals surface area contributed by atoms with Crippen molar-refractivity contribution in [1.82, 2.24) is 4.90 Å². The number of benzene rings is 1. The summed E-state index contributed by atoms with van der Waals surface area (Å²) < 4.78 is 5.58. The molecule has 1 aromatic carbocycles. The molecule has 0 bridgehead atoms. The topological polar surface area (TPSA) is 49.8 Å². The Labute approximate surface area is 146 Å². The van der Waals surface area contributed by atoms with Gasteiger partial charge in [-0.15, -0.1) is 11.3 Å². The van der Waals surface area contributed by atoms with Crippen LogP contribution in [0.2, 0.25) is 0 Å². The van der Waals surface area contributed by atoms with E-state index >= 15 is 0 Å². The van der Waals surface area contributed by atoms with Gasteiger partial charge in [-0.05, 0) is 44.5 Å².